The Hall–Kier alpha value is -0.0500. The van der Waals surface area contributed by atoms with Crippen LogP contribution in [-0.2, 0) is 4.79 Å². The highest BCUT2D eigenvalue weighted by Crippen LogP contribution is 2.27. The molecule has 17 heavy (non-hydrogen) atoms. The Morgan fingerprint density at radius 2 is 2.00 bits per heavy atom. The van der Waals surface area contributed by atoms with E-state index in [-0.39, 0.29) is 0 Å². The van der Waals surface area contributed by atoms with Gasteiger partial charge in [-0.25, -0.2) is 0 Å². The largest absolute Gasteiger partial charge is 0.343 e. The third kappa shape index (κ3) is 5.89. The molecular formula is C14H26BrNO. The monoisotopic (exact) mass is 303 g/mol. The third-order valence-electron chi connectivity index (χ3n) is 3.79. The summed E-state index contributed by atoms with van der Waals surface area (Å²) in [5, 5.41) is 0.986. The molecule has 0 heterocycles. The number of carbonyl (C=O) groups excluding carboxylic acids is 1. The second-order valence-electron chi connectivity index (χ2n) is 5.06. The smallest absolute Gasteiger partial charge is 0.222 e. The van der Waals surface area contributed by atoms with E-state index >= 15 is 0 Å². The molecule has 0 aromatic rings. The van der Waals surface area contributed by atoms with E-state index in [2.05, 4.69) is 22.9 Å². The fourth-order valence-corrected chi connectivity index (χ4v) is 2.92. The Morgan fingerprint density at radius 1 is 1.29 bits per heavy atom. The van der Waals surface area contributed by atoms with Crippen LogP contribution in [-0.4, -0.2) is 29.2 Å². The van der Waals surface area contributed by atoms with Gasteiger partial charge >= 0.3 is 0 Å². The summed E-state index contributed by atoms with van der Waals surface area (Å²) in [5.74, 6) is 1.18. The van der Waals surface area contributed by atoms with E-state index < -0.39 is 0 Å². The Balaban J connectivity index is 2.21. The molecule has 0 radical (unpaired) electrons. The van der Waals surface area contributed by atoms with Gasteiger partial charge in [-0.05, 0) is 25.7 Å². The quantitative estimate of drug-likeness (QED) is 0.651. The van der Waals surface area contributed by atoms with Crippen molar-refractivity contribution in [1.82, 2.24) is 4.90 Å². The minimum atomic E-state index is 0.360. The van der Waals surface area contributed by atoms with Gasteiger partial charge in [-0.3, -0.25) is 4.79 Å². The highest BCUT2D eigenvalue weighted by atomic mass is 79.9. The maximum atomic E-state index is 12.0. The molecule has 0 N–H and O–H groups in total. The molecule has 2 nitrogen and oxygen atoms in total. The summed E-state index contributed by atoms with van der Waals surface area (Å²) in [7, 11) is 0. The van der Waals surface area contributed by atoms with Crippen LogP contribution in [0.2, 0.25) is 0 Å². The summed E-state index contributed by atoms with van der Waals surface area (Å²) in [4.78, 5) is 14.0. The molecule has 100 valence electrons. The third-order valence-corrected chi connectivity index (χ3v) is 4.35. The predicted molar refractivity (Wildman–Crippen MR) is 76.5 cm³/mol. The van der Waals surface area contributed by atoms with Crippen LogP contribution in [0.5, 0.6) is 0 Å². The Kier molecular flexibility index (Phi) is 7.91. The maximum absolute atomic E-state index is 12.0. The van der Waals surface area contributed by atoms with Gasteiger partial charge in [0.2, 0.25) is 5.91 Å². The number of hydrogen-bond donors (Lipinski definition) is 0. The number of halogens is 1. The molecule has 1 amide bonds. The van der Waals surface area contributed by atoms with E-state index in [9.17, 15) is 4.79 Å². The Labute approximate surface area is 114 Å². The number of carbonyl (C=O) groups is 1. The van der Waals surface area contributed by atoms with Gasteiger partial charge < -0.3 is 4.90 Å². The van der Waals surface area contributed by atoms with Crippen LogP contribution in [0.4, 0.5) is 0 Å². The molecule has 1 fully saturated rings. The standard InChI is InChI=1S/C14H26BrNO/c1-2-16(12-6-11-15)14(17)10-9-13-7-4-3-5-8-13/h13H,2-12H2,1H3. The van der Waals surface area contributed by atoms with Crippen molar-refractivity contribution in [2.24, 2.45) is 5.92 Å². The van der Waals surface area contributed by atoms with Crippen LogP contribution < -0.4 is 0 Å². The van der Waals surface area contributed by atoms with Crippen LogP contribution in [0.1, 0.15) is 58.3 Å². The highest BCUT2D eigenvalue weighted by Gasteiger charge is 2.17. The minimum absolute atomic E-state index is 0.360. The van der Waals surface area contributed by atoms with Crippen molar-refractivity contribution in [3.05, 3.63) is 0 Å². The zero-order chi connectivity index (χ0) is 12.5. The van der Waals surface area contributed by atoms with E-state index in [1.54, 1.807) is 0 Å². The number of amides is 1. The minimum Gasteiger partial charge on any atom is -0.343 e. The van der Waals surface area contributed by atoms with E-state index in [1.807, 2.05) is 4.90 Å². The Morgan fingerprint density at radius 3 is 2.59 bits per heavy atom. The van der Waals surface area contributed by atoms with Gasteiger partial charge in [-0.1, -0.05) is 48.0 Å². The van der Waals surface area contributed by atoms with Crippen molar-refractivity contribution in [2.75, 3.05) is 18.4 Å². The van der Waals surface area contributed by atoms with Gasteiger partial charge in [0, 0.05) is 24.8 Å². The molecule has 0 unspecified atom stereocenters. The zero-order valence-electron chi connectivity index (χ0n) is 11.1. The summed E-state index contributed by atoms with van der Waals surface area (Å²) in [5.41, 5.74) is 0. The molecule has 1 saturated carbocycles. The van der Waals surface area contributed by atoms with Gasteiger partial charge in [0.25, 0.3) is 0 Å². The van der Waals surface area contributed by atoms with Crippen molar-refractivity contribution in [3.63, 3.8) is 0 Å². The van der Waals surface area contributed by atoms with Crippen LogP contribution >= 0.6 is 15.9 Å². The highest BCUT2D eigenvalue weighted by molar-refractivity contribution is 9.09. The number of hydrogen-bond acceptors (Lipinski definition) is 1. The van der Waals surface area contributed by atoms with Gasteiger partial charge in [0.15, 0.2) is 0 Å². The number of rotatable bonds is 7. The molecule has 0 bridgehead atoms. The van der Waals surface area contributed by atoms with Gasteiger partial charge in [0.05, 0.1) is 0 Å². The van der Waals surface area contributed by atoms with Crippen LogP contribution in [0.15, 0.2) is 0 Å². The molecule has 3 heteroatoms. The van der Waals surface area contributed by atoms with Crippen molar-refractivity contribution < 1.29 is 4.79 Å². The molecule has 0 spiro atoms. The van der Waals surface area contributed by atoms with Crippen molar-refractivity contribution in [3.8, 4) is 0 Å². The van der Waals surface area contributed by atoms with E-state index in [1.165, 1.54) is 32.1 Å². The lowest BCUT2D eigenvalue weighted by Crippen LogP contribution is -2.32. The summed E-state index contributed by atoms with van der Waals surface area (Å²) < 4.78 is 0. The normalized spacial score (nSPS) is 17.1. The van der Waals surface area contributed by atoms with E-state index in [0.29, 0.717) is 5.91 Å². The molecule has 1 rings (SSSR count). The van der Waals surface area contributed by atoms with Crippen molar-refractivity contribution in [2.45, 2.75) is 58.3 Å². The molecule has 0 saturated heterocycles. The number of alkyl halides is 1. The first-order valence-electron chi connectivity index (χ1n) is 7.11. The van der Waals surface area contributed by atoms with Crippen molar-refractivity contribution >= 4 is 21.8 Å². The van der Waals surface area contributed by atoms with E-state index in [0.717, 1.165) is 43.6 Å². The van der Waals surface area contributed by atoms with Gasteiger partial charge in [-0.2, -0.15) is 0 Å². The molecule has 1 aliphatic rings. The molecule has 0 aromatic heterocycles. The lowest BCUT2D eigenvalue weighted by molar-refractivity contribution is -0.131. The predicted octanol–water partition coefficient (Wildman–Crippen LogP) is 3.98. The maximum Gasteiger partial charge on any atom is 0.222 e. The average Bonchev–Trinajstić information content (AvgIpc) is 2.38. The van der Waals surface area contributed by atoms with Gasteiger partial charge in [-0.15, -0.1) is 0 Å². The van der Waals surface area contributed by atoms with E-state index in [4.69, 9.17) is 0 Å². The average molecular weight is 304 g/mol. The molecular weight excluding hydrogens is 278 g/mol. The molecule has 1 aliphatic carbocycles. The fourth-order valence-electron chi connectivity index (χ4n) is 2.67. The molecule has 0 atom stereocenters. The van der Waals surface area contributed by atoms with Crippen molar-refractivity contribution in [1.29, 1.82) is 0 Å². The second kappa shape index (κ2) is 8.96. The number of nitrogens with zero attached hydrogens (tertiary/aromatic N) is 1. The first-order chi connectivity index (χ1) is 8.27. The lowest BCUT2D eigenvalue weighted by atomic mass is 9.86. The fraction of sp³-hybridized carbons (Fsp3) is 0.929. The summed E-state index contributed by atoms with van der Waals surface area (Å²) >= 11 is 3.42. The summed E-state index contributed by atoms with van der Waals surface area (Å²) in [6, 6.07) is 0. The van der Waals surface area contributed by atoms with Crippen LogP contribution in [0.25, 0.3) is 0 Å². The first kappa shape index (κ1) is 15.0. The SMILES string of the molecule is CCN(CCCBr)C(=O)CCC1CCCCC1. The topological polar surface area (TPSA) is 20.3 Å². The first-order valence-corrected chi connectivity index (χ1v) is 8.23. The zero-order valence-corrected chi connectivity index (χ0v) is 12.7. The summed E-state index contributed by atoms with van der Waals surface area (Å²) in [6.45, 7) is 3.84. The summed E-state index contributed by atoms with van der Waals surface area (Å²) in [6.07, 6.45) is 9.78. The van der Waals surface area contributed by atoms with Crippen LogP contribution in [0, 0.1) is 5.92 Å². The Bertz CT molecular complexity index is 214. The second-order valence-corrected chi connectivity index (χ2v) is 5.85. The molecule has 0 aromatic carbocycles. The van der Waals surface area contributed by atoms with Gasteiger partial charge in [0.1, 0.15) is 0 Å². The lowest BCUT2D eigenvalue weighted by Gasteiger charge is -2.24. The molecule has 0 aliphatic heterocycles. The van der Waals surface area contributed by atoms with Crippen LogP contribution in [0.3, 0.4) is 0 Å².